The summed E-state index contributed by atoms with van der Waals surface area (Å²) in [5, 5.41) is 0. The summed E-state index contributed by atoms with van der Waals surface area (Å²) in [5.74, 6) is 0. The summed E-state index contributed by atoms with van der Waals surface area (Å²) in [4.78, 5) is 0. The molecule has 1 fully saturated rings. The van der Waals surface area contributed by atoms with Crippen molar-refractivity contribution in [2.24, 2.45) is 0 Å². The highest BCUT2D eigenvalue weighted by molar-refractivity contribution is 6.85. The van der Waals surface area contributed by atoms with Gasteiger partial charge in [0, 0.05) is 0 Å². The van der Waals surface area contributed by atoms with Crippen molar-refractivity contribution in [1.82, 2.24) is 13.9 Å². The molecule has 3 nitrogen and oxygen atoms in total. The van der Waals surface area contributed by atoms with E-state index in [1.807, 2.05) is 0 Å². The summed E-state index contributed by atoms with van der Waals surface area (Å²) < 4.78 is 10.5. The van der Waals surface area contributed by atoms with Gasteiger partial charge < -0.3 is 13.9 Å². The molecular weight excluding hydrogens is 162 g/mol. The lowest BCUT2D eigenvalue weighted by molar-refractivity contribution is 1.16. The minimum atomic E-state index is -0.362. The van der Waals surface area contributed by atoms with Crippen LogP contribution in [0.1, 0.15) is 0 Å². The van der Waals surface area contributed by atoms with Gasteiger partial charge in [-0.1, -0.05) is 0 Å². The first-order valence-corrected chi connectivity index (χ1v) is 9.00. The van der Waals surface area contributed by atoms with Gasteiger partial charge in [-0.05, 0) is 19.6 Å². The van der Waals surface area contributed by atoms with Crippen molar-refractivity contribution in [1.29, 1.82) is 0 Å². The third-order valence-electron chi connectivity index (χ3n) is 1.12. The van der Waals surface area contributed by atoms with Gasteiger partial charge in [-0.3, -0.25) is 0 Å². The highest BCUT2D eigenvalue weighted by atomic mass is 28.4. The second-order valence-corrected chi connectivity index (χ2v) is 9.00. The van der Waals surface area contributed by atoms with Crippen LogP contribution in [0.4, 0.5) is 0 Å². The van der Waals surface area contributed by atoms with Crippen molar-refractivity contribution < 1.29 is 0 Å². The topological polar surface area (TPSA) is 36.1 Å². The summed E-state index contributed by atoms with van der Waals surface area (Å²) in [5.41, 5.74) is 0. The largest absolute Gasteiger partial charge is 0.337 e. The van der Waals surface area contributed by atoms with Gasteiger partial charge >= 0.3 is 0 Å². The monoisotopic (exact) mass is 174 g/mol. The van der Waals surface area contributed by atoms with E-state index in [1.165, 1.54) is 0 Å². The predicted octanol–water partition coefficient (Wildman–Crippen LogP) is -0.877. The van der Waals surface area contributed by atoms with E-state index in [4.69, 9.17) is 0 Å². The molecule has 0 spiro atoms. The number of rotatable bonds is 0. The molecule has 0 atom stereocenters. The quantitative estimate of drug-likeness (QED) is 0.418. The zero-order valence-corrected chi connectivity index (χ0v) is 9.00. The molecule has 0 saturated carbocycles. The Kier molecular flexibility index (Phi) is 2.61. The molecule has 3 radical (unpaired) electrons. The molecule has 1 aliphatic heterocycles. The van der Waals surface area contributed by atoms with Gasteiger partial charge in [-0.15, -0.1) is 0 Å². The molecular formula is C3H12N3Si3. The molecule has 1 heterocycles. The van der Waals surface area contributed by atoms with Crippen molar-refractivity contribution in [2.45, 2.75) is 19.6 Å². The first kappa shape index (κ1) is 7.64. The molecule has 3 N–H and O–H groups in total. The fourth-order valence-corrected chi connectivity index (χ4v) is 10.1. The fourth-order valence-electron chi connectivity index (χ4n) is 0.938. The summed E-state index contributed by atoms with van der Waals surface area (Å²) in [6, 6.07) is 0. The first-order chi connectivity index (χ1) is 4.18. The van der Waals surface area contributed by atoms with Crippen molar-refractivity contribution in [2.75, 3.05) is 0 Å². The van der Waals surface area contributed by atoms with Crippen molar-refractivity contribution >= 4 is 27.4 Å². The van der Waals surface area contributed by atoms with Crippen LogP contribution in [0, 0.1) is 0 Å². The van der Waals surface area contributed by atoms with E-state index in [9.17, 15) is 0 Å². The van der Waals surface area contributed by atoms with Crippen LogP contribution in [0.25, 0.3) is 0 Å². The Bertz CT molecular complexity index is 75.3. The van der Waals surface area contributed by atoms with E-state index >= 15 is 0 Å². The summed E-state index contributed by atoms with van der Waals surface area (Å²) >= 11 is 0. The Labute approximate surface area is 61.5 Å². The average Bonchev–Trinajstić information content (AvgIpc) is 1.59. The van der Waals surface area contributed by atoms with Gasteiger partial charge in [0.15, 0.2) is 0 Å². The standard InChI is InChI=1S/C3H12N3Si3/c1-7-4-8(2)6-9(3)5-7/h4-6H,1-3H3. The van der Waals surface area contributed by atoms with Gasteiger partial charge in [0.1, 0.15) is 0 Å². The molecule has 0 aromatic heterocycles. The second-order valence-electron chi connectivity index (χ2n) is 2.25. The Morgan fingerprint density at radius 2 is 0.889 bits per heavy atom. The Morgan fingerprint density at radius 1 is 0.667 bits per heavy atom. The van der Waals surface area contributed by atoms with Crippen LogP contribution in [0.2, 0.25) is 19.6 Å². The maximum atomic E-state index is 3.52. The Hall–Kier alpha value is 0.531. The van der Waals surface area contributed by atoms with E-state index in [-0.39, 0.29) is 27.4 Å². The van der Waals surface area contributed by atoms with Crippen molar-refractivity contribution in [3.05, 3.63) is 0 Å². The van der Waals surface area contributed by atoms with Gasteiger partial charge in [-0.25, -0.2) is 0 Å². The molecule has 9 heavy (non-hydrogen) atoms. The highest BCUT2D eigenvalue weighted by Crippen LogP contribution is 1.83. The molecule has 6 heteroatoms. The Morgan fingerprint density at radius 3 is 1.11 bits per heavy atom. The predicted molar refractivity (Wildman–Crippen MR) is 44.3 cm³/mol. The lowest BCUT2D eigenvalue weighted by Crippen LogP contribution is -2.71. The molecule has 0 aromatic carbocycles. The molecule has 1 saturated heterocycles. The molecule has 1 rings (SSSR count). The molecule has 0 aliphatic carbocycles. The second kappa shape index (κ2) is 3.08. The lowest BCUT2D eigenvalue weighted by atomic mass is 11.9. The molecule has 0 unspecified atom stereocenters. The van der Waals surface area contributed by atoms with Crippen LogP contribution in [0.3, 0.4) is 0 Å². The van der Waals surface area contributed by atoms with E-state index in [1.54, 1.807) is 0 Å². The molecule has 0 bridgehead atoms. The van der Waals surface area contributed by atoms with E-state index in [2.05, 4.69) is 33.6 Å². The van der Waals surface area contributed by atoms with E-state index in [0.29, 0.717) is 0 Å². The van der Waals surface area contributed by atoms with Crippen LogP contribution < -0.4 is 13.9 Å². The highest BCUT2D eigenvalue weighted by Gasteiger charge is 2.22. The lowest BCUT2D eigenvalue weighted by Gasteiger charge is -2.29. The van der Waals surface area contributed by atoms with Crippen LogP contribution in [0.5, 0.6) is 0 Å². The summed E-state index contributed by atoms with van der Waals surface area (Å²) in [6.45, 7) is 6.82. The fraction of sp³-hybridized carbons (Fsp3) is 1.00. The first-order valence-electron chi connectivity index (χ1n) is 3.00. The maximum Gasteiger partial charge on any atom is 0.207 e. The van der Waals surface area contributed by atoms with Gasteiger partial charge in [0.25, 0.3) is 0 Å². The molecule has 1 aliphatic rings. The zero-order valence-electron chi connectivity index (χ0n) is 6.00. The van der Waals surface area contributed by atoms with Crippen molar-refractivity contribution in [3.63, 3.8) is 0 Å². The van der Waals surface area contributed by atoms with E-state index < -0.39 is 0 Å². The van der Waals surface area contributed by atoms with E-state index in [0.717, 1.165) is 0 Å². The van der Waals surface area contributed by atoms with Crippen LogP contribution in [-0.2, 0) is 0 Å². The molecule has 0 aromatic rings. The summed E-state index contributed by atoms with van der Waals surface area (Å²) in [7, 11) is -1.09. The average molecular weight is 174 g/mol. The smallest absolute Gasteiger partial charge is 0.207 e. The van der Waals surface area contributed by atoms with Gasteiger partial charge in [0.2, 0.25) is 27.4 Å². The summed E-state index contributed by atoms with van der Waals surface area (Å²) in [6.07, 6.45) is 0. The van der Waals surface area contributed by atoms with Crippen molar-refractivity contribution in [3.8, 4) is 0 Å². The number of hydrogen-bond donors (Lipinski definition) is 3. The third kappa shape index (κ3) is 2.32. The zero-order chi connectivity index (χ0) is 6.85. The molecule has 0 amide bonds. The van der Waals surface area contributed by atoms with Gasteiger partial charge in [0.05, 0.1) is 0 Å². The van der Waals surface area contributed by atoms with Gasteiger partial charge in [-0.2, -0.15) is 0 Å². The minimum absolute atomic E-state index is 0.362. The van der Waals surface area contributed by atoms with Crippen LogP contribution in [-0.4, -0.2) is 27.4 Å². The Balaban J connectivity index is 2.34. The SMILES string of the molecule is C[Si]1N[Si](C)N[Si](C)N1. The molecule has 51 valence electrons. The third-order valence-corrected chi connectivity index (χ3v) is 10.1. The minimum Gasteiger partial charge on any atom is -0.337 e. The number of hydrogen-bond acceptors (Lipinski definition) is 3. The maximum absolute atomic E-state index is 3.52. The number of nitrogens with one attached hydrogen (secondary N) is 3. The van der Waals surface area contributed by atoms with Crippen LogP contribution in [0.15, 0.2) is 0 Å². The van der Waals surface area contributed by atoms with Crippen LogP contribution >= 0.6 is 0 Å². The normalized spacial score (nSPS) is 27.0.